The molecule has 0 atom stereocenters. The summed E-state index contributed by atoms with van der Waals surface area (Å²) in [5, 5.41) is 0. The largest absolute Gasteiger partial charge is 0.300 e. The molecule has 2 heteroatoms. The Labute approximate surface area is 104 Å². The Bertz CT molecular complexity index is 401. The lowest BCUT2D eigenvalue weighted by atomic mass is 10.0. The third kappa shape index (κ3) is 4.51. The zero-order chi connectivity index (χ0) is 12.7. The van der Waals surface area contributed by atoms with Crippen LogP contribution in [0.15, 0.2) is 29.3 Å². The maximum Gasteiger partial charge on any atom is 0.132 e. The van der Waals surface area contributed by atoms with Crippen molar-refractivity contribution in [2.75, 3.05) is 0 Å². The van der Waals surface area contributed by atoms with Gasteiger partial charge in [-0.15, -0.1) is 0 Å². The molecule has 0 bridgehead atoms. The second-order valence-electron chi connectivity index (χ2n) is 4.22. The highest BCUT2D eigenvalue weighted by molar-refractivity contribution is 5.86. The van der Waals surface area contributed by atoms with E-state index in [4.69, 9.17) is 0 Å². The van der Waals surface area contributed by atoms with Crippen LogP contribution in [-0.2, 0) is 11.2 Å². The number of rotatable bonds is 2. The average molecular weight is 231 g/mol. The predicted octanol–water partition coefficient (Wildman–Crippen LogP) is 4.10. The van der Waals surface area contributed by atoms with Gasteiger partial charge in [0, 0.05) is 18.6 Å². The van der Waals surface area contributed by atoms with E-state index in [2.05, 4.69) is 30.1 Å². The van der Waals surface area contributed by atoms with Gasteiger partial charge >= 0.3 is 0 Å². The lowest BCUT2D eigenvalue weighted by Crippen LogP contribution is -2.00. The SMILES string of the molecule is CC1=Nc2ccccc2CC1.CCC(=O)CC. The minimum atomic E-state index is 0.343. The number of aliphatic imine (C=N–C) groups is 1. The highest BCUT2D eigenvalue weighted by Gasteiger charge is 2.06. The molecule has 17 heavy (non-hydrogen) atoms. The fourth-order valence-corrected chi connectivity index (χ4v) is 1.66. The van der Waals surface area contributed by atoms with E-state index in [-0.39, 0.29) is 0 Å². The number of carbonyl (C=O) groups is 1. The molecule has 0 radical (unpaired) electrons. The molecular weight excluding hydrogens is 210 g/mol. The van der Waals surface area contributed by atoms with Crippen molar-refractivity contribution in [1.82, 2.24) is 0 Å². The monoisotopic (exact) mass is 231 g/mol. The van der Waals surface area contributed by atoms with Gasteiger partial charge in [0.1, 0.15) is 5.78 Å². The smallest absolute Gasteiger partial charge is 0.132 e. The Hall–Kier alpha value is -1.44. The summed E-state index contributed by atoms with van der Waals surface area (Å²) in [6.07, 6.45) is 3.66. The number of para-hydroxylation sites is 1. The number of aryl methyl sites for hydroxylation is 1. The molecular formula is C15H21NO. The molecule has 0 aromatic heterocycles. The van der Waals surface area contributed by atoms with Gasteiger partial charge in [0.15, 0.2) is 0 Å². The van der Waals surface area contributed by atoms with Crippen molar-refractivity contribution in [2.45, 2.75) is 46.5 Å². The quantitative estimate of drug-likeness (QED) is 0.753. The van der Waals surface area contributed by atoms with Crippen molar-refractivity contribution in [2.24, 2.45) is 4.99 Å². The van der Waals surface area contributed by atoms with Gasteiger partial charge < -0.3 is 0 Å². The molecule has 0 aliphatic carbocycles. The fraction of sp³-hybridized carbons (Fsp3) is 0.467. The van der Waals surface area contributed by atoms with Gasteiger partial charge in [-0.2, -0.15) is 0 Å². The van der Waals surface area contributed by atoms with Crippen molar-refractivity contribution < 1.29 is 4.79 Å². The number of nitrogens with zero attached hydrogens (tertiary/aromatic N) is 1. The first-order valence-corrected chi connectivity index (χ1v) is 6.31. The molecule has 0 saturated heterocycles. The maximum atomic E-state index is 10.2. The molecule has 0 spiro atoms. The third-order valence-corrected chi connectivity index (χ3v) is 2.85. The molecule has 1 heterocycles. The minimum Gasteiger partial charge on any atom is -0.300 e. The number of hydrogen-bond acceptors (Lipinski definition) is 2. The lowest BCUT2D eigenvalue weighted by molar-refractivity contribution is -0.118. The summed E-state index contributed by atoms with van der Waals surface area (Å²) in [6, 6.07) is 8.36. The summed E-state index contributed by atoms with van der Waals surface area (Å²) in [4.78, 5) is 14.6. The van der Waals surface area contributed by atoms with E-state index in [0.29, 0.717) is 18.6 Å². The summed E-state index contributed by atoms with van der Waals surface area (Å²) in [5.74, 6) is 0.343. The average Bonchev–Trinajstić information content (AvgIpc) is 2.38. The number of carbonyl (C=O) groups excluding carboxylic acids is 1. The van der Waals surface area contributed by atoms with Gasteiger partial charge in [0.25, 0.3) is 0 Å². The van der Waals surface area contributed by atoms with E-state index in [1.165, 1.54) is 11.3 Å². The van der Waals surface area contributed by atoms with Gasteiger partial charge in [0.2, 0.25) is 0 Å². The summed E-state index contributed by atoms with van der Waals surface area (Å²) < 4.78 is 0. The second kappa shape index (κ2) is 7.00. The summed E-state index contributed by atoms with van der Waals surface area (Å²) in [5.41, 5.74) is 3.80. The van der Waals surface area contributed by atoms with Crippen molar-refractivity contribution in [3.8, 4) is 0 Å². The molecule has 0 N–H and O–H groups in total. The highest BCUT2D eigenvalue weighted by Crippen LogP contribution is 2.24. The normalized spacial score (nSPS) is 13.0. The topological polar surface area (TPSA) is 29.4 Å². The Morgan fingerprint density at radius 2 is 1.82 bits per heavy atom. The van der Waals surface area contributed by atoms with Crippen molar-refractivity contribution in [3.05, 3.63) is 29.8 Å². The van der Waals surface area contributed by atoms with E-state index in [9.17, 15) is 4.79 Å². The first-order chi connectivity index (χ1) is 8.17. The van der Waals surface area contributed by atoms with Crippen LogP contribution in [0.2, 0.25) is 0 Å². The van der Waals surface area contributed by atoms with Crippen LogP contribution in [0.5, 0.6) is 0 Å². The van der Waals surface area contributed by atoms with Crippen molar-refractivity contribution in [1.29, 1.82) is 0 Å². The fourth-order valence-electron chi connectivity index (χ4n) is 1.66. The zero-order valence-electron chi connectivity index (χ0n) is 11.0. The van der Waals surface area contributed by atoms with Crippen LogP contribution in [-0.4, -0.2) is 11.5 Å². The molecule has 0 saturated carbocycles. The van der Waals surface area contributed by atoms with Crippen LogP contribution >= 0.6 is 0 Å². The van der Waals surface area contributed by atoms with Gasteiger partial charge in [-0.05, 0) is 31.4 Å². The lowest BCUT2D eigenvalue weighted by Gasteiger charge is -2.11. The standard InChI is InChI=1S/C10H11N.C5H10O/c1-8-6-7-9-4-2-3-5-10(9)11-8;1-3-5(6)4-2/h2-5H,6-7H2,1H3;3-4H2,1-2H3. The van der Waals surface area contributed by atoms with Gasteiger partial charge in [-0.1, -0.05) is 32.0 Å². The highest BCUT2D eigenvalue weighted by atomic mass is 16.1. The van der Waals surface area contributed by atoms with Crippen molar-refractivity contribution in [3.63, 3.8) is 0 Å². The van der Waals surface area contributed by atoms with Crippen LogP contribution in [0, 0.1) is 0 Å². The van der Waals surface area contributed by atoms with E-state index < -0.39 is 0 Å². The molecule has 2 nitrogen and oxygen atoms in total. The van der Waals surface area contributed by atoms with Gasteiger partial charge in [-0.3, -0.25) is 9.79 Å². The van der Waals surface area contributed by atoms with Crippen LogP contribution < -0.4 is 0 Å². The number of ketones is 1. The van der Waals surface area contributed by atoms with Gasteiger partial charge in [0.05, 0.1) is 5.69 Å². The molecule has 1 aliphatic rings. The Morgan fingerprint density at radius 1 is 1.18 bits per heavy atom. The van der Waals surface area contributed by atoms with Crippen LogP contribution in [0.3, 0.4) is 0 Å². The van der Waals surface area contributed by atoms with E-state index >= 15 is 0 Å². The number of benzene rings is 1. The molecule has 2 rings (SSSR count). The van der Waals surface area contributed by atoms with E-state index in [1.54, 1.807) is 0 Å². The van der Waals surface area contributed by atoms with Crippen LogP contribution in [0.25, 0.3) is 0 Å². The first-order valence-electron chi connectivity index (χ1n) is 6.31. The maximum absolute atomic E-state index is 10.2. The number of Topliss-reactive ketones (excluding diaryl/α,β-unsaturated/α-hetero) is 1. The molecule has 0 amide bonds. The first kappa shape index (κ1) is 13.6. The molecule has 1 aliphatic heterocycles. The molecule has 92 valence electrons. The van der Waals surface area contributed by atoms with Gasteiger partial charge in [-0.25, -0.2) is 0 Å². The minimum absolute atomic E-state index is 0.343. The van der Waals surface area contributed by atoms with Crippen LogP contribution in [0.4, 0.5) is 5.69 Å². The predicted molar refractivity (Wildman–Crippen MR) is 73.1 cm³/mol. The summed E-state index contributed by atoms with van der Waals surface area (Å²) in [6.45, 7) is 5.85. The summed E-state index contributed by atoms with van der Waals surface area (Å²) >= 11 is 0. The molecule has 1 aromatic carbocycles. The Kier molecular flexibility index (Phi) is 5.61. The second-order valence-corrected chi connectivity index (χ2v) is 4.22. The Balaban J connectivity index is 0.000000209. The number of fused-ring (bicyclic) bond motifs is 1. The molecule has 0 fully saturated rings. The van der Waals surface area contributed by atoms with Crippen LogP contribution in [0.1, 0.15) is 45.6 Å². The van der Waals surface area contributed by atoms with E-state index in [0.717, 1.165) is 18.5 Å². The third-order valence-electron chi connectivity index (χ3n) is 2.85. The van der Waals surface area contributed by atoms with E-state index in [1.807, 2.05) is 19.9 Å². The Morgan fingerprint density at radius 3 is 2.41 bits per heavy atom. The number of hydrogen-bond donors (Lipinski definition) is 0. The molecule has 1 aromatic rings. The summed E-state index contributed by atoms with van der Waals surface area (Å²) in [7, 11) is 0. The zero-order valence-corrected chi connectivity index (χ0v) is 11.0. The molecule has 0 unspecified atom stereocenters. The van der Waals surface area contributed by atoms with Crippen molar-refractivity contribution >= 4 is 17.2 Å².